The summed E-state index contributed by atoms with van der Waals surface area (Å²) in [4.78, 5) is 57.4. The number of aliphatic carboxylic acids is 2. The molecule has 7 N–H and O–H groups in total. The molecule has 3 heterocycles. The van der Waals surface area contributed by atoms with Gasteiger partial charge in [0.05, 0.1) is 10.3 Å². The third-order valence-electron chi connectivity index (χ3n) is 4.82. The number of nitrogen functional groups attached to an aromatic ring is 1. The molecule has 0 aromatic carbocycles. The van der Waals surface area contributed by atoms with Crippen molar-refractivity contribution >= 4 is 46.2 Å². The predicted molar refractivity (Wildman–Crippen MR) is 113 cm³/mol. The minimum atomic E-state index is -1.23. The number of amides is 1. The molecular formula is C19H21N5O6S. The van der Waals surface area contributed by atoms with Gasteiger partial charge in [-0.05, 0) is 30.5 Å². The largest absolute Gasteiger partial charge is 0.481 e. The van der Waals surface area contributed by atoms with E-state index in [1.807, 2.05) is 6.92 Å². The maximum absolute atomic E-state index is 12.5. The molecule has 2 atom stereocenters. The standard InChI is InChI=1S/C19H21N5O6S/c1-8(9-7-21-15-14(9)17(28)24-19(20)23-15)11-5-6-12(31-11)16(27)22-10(18(29)30)3-2-4-13(25)26/h5-8,10H,2-4H2,1H3,(H,22,27)(H,25,26)(H,29,30)(H4,20,21,23,24,28). The topological polar surface area (TPSA) is 191 Å². The van der Waals surface area contributed by atoms with Gasteiger partial charge in [-0.3, -0.25) is 19.4 Å². The SMILES string of the molecule is CC(c1ccc(C(=O)NC(CCCC(=O)O)C(=O)O)s1)c1c[nH]c2nc(N)[nH]c(=O)c12. The smallest absolute Gasteiger partial charge is 0.326 e. The van der Waals surface area contributed by atoms with Gasteiger partial charge in [0.15, 0.2) is 0 Å². The first kappa shape index (κ1) is 22.0. The van der Waals surface area contributed by atoms with Gasteiger partial charge in [0.1, 0.15) is 11.7 Å². The average Bonchev–Trinajstić information content (AvgIpc) is 3.33. The second kappa shape index (κ2) is 9.00. The van der Waals surface area contributed by atoms with Crippen molar-refractivity contribution in [3.63, 3.8) is 0 Å². The number of fused-ring (bicyclic) bond motifs is 1. The monoisotopic (exact) mass is 447 g/mol. The Morgan fingerprint density at radius 2 is 2.03 bits per heavy atom. The summed E-state index contributed by atoms with van der Waals surface area (Å²) in [6, 6.07) is 2.14. The molecule has 0 saturated heterocycles. The van der Waals surface area contributed by atoms with Crippen molar-refractivity contribution < 1.29 is 24.6 Å². The van der Waals surface area contributed by atoms with Gasteiger partial charge in [0.25, 0.3) is 11.5 Å². The molecule has 0 fully saturated rings. The maximum Gasteiger partial charge on any atom is 0.326 e. The minimum Gasteiger partial charge on any atom is -0.481 e. The average molecular weight is 447 g/mol. The Morgan fingerprint density at radius 1 is 1.29 bits per heavy atom. The first-order chi connectivity index (χ1) is 14.7. The van der Waals surface area contributed by atoms with Crippen LogP contribution in [-0.4, -0.2) is 49.1 Å². The van der Waals surface area contributed by atoms with Gasteiger partial charge in [0, 0.05) is 23.4 Å². The number of nitrogens with one attached hydrogen (secondary N) is 3. The molecule has 0 aliphatic carbocycles. The zero-order valence-corrected chi connectivity index (χ0v) is 17.3. The molecule has 3 aromatic rings. The van der Waals surface area contributed by atoms with Crippen molar-refractivity contribution in [3.8, 4) is 0 Å². The predicted octanol–water partition coefficient (Wildman–Crippen LogP) is 1.48. The number of thiophene rings is 1. The molecule has 0 saturated carbocycles. The number of aromatic nitrogens is 3. The van der Waals surface area contributed by atoms with E-state index in [-0.39, 0.29) is 36.7 Å². The number of carbonyl (C=O) groups is 3. The highest BCUT2D eigenvalue weighted by molar-refractivity contribution is 7.14. The molecule has 0 aliphatic heterocycles. The summed E-state index contributed by atoms with van der Waals surface area (Å²) in [6.07, 6.45) is 1.63. The number of H-pyrrole nitrogens is 2. The molecule has 0 aliphatic rings. The van der Waals surface area contributed by atoms with E-state index in [1.165, 1.54) is 11.3 Å². The Hall–Kier alpha value is -3.67. The van der Waals surface area contributed by atoms with Crippen molar-refractivity contribution in [1.82, 2.24) is 20.3 Å². The molecule has 0 radical (unpaired) electrons. The van der Waals surface area contributed by atoms with Crippen molar-refractivity contribution in [3.05, 3.63) is 44.0 Å². The molecule has 0 bridgehead atoms. The van der Waals surface area contributed by atoms with Gasteiger partial charge in [-0.15, -0.1) is 11.3 Å². The fourth-order valence-corrected chi connectivity index (χ4v) is 4.21. The van der Waals surface area contributed by atoms with Gasteiger partial charge in [-0.25, -0.2) is 4.79 Å². The molecule has 12 heteroatoms. The van der Waals surface area contributed by atoms with Crippen LogP contribution in [0.5, 0.6) is 0 Å². The summed E-state index contributed by atoms with van der Waals surface area (Å²) in [5, 5.41) is 20.8. The second-order valence-corrected chi connectivity index (χ2v) is 8.11. The highest BCUT2D eigenvalue weighted by Gasteiger charge is 2.23. The Kier molecular flexibility index (Phi) is 6.39. The Morgan fingerprint density at radius 3 is 2.71 bits per heavy atom. The molecule has 3 aromatic heterocycles. The van der Waals surface area contributed by atoms with E-state index in [0.29, 0.717) is 21.5 Å². The molecule has 164 valence electrons. The number of carboxylic acid groups (broad SMARTS) is 2. The van der Waals surface area contributed by atoms with E-state index in [2.05, 4.69) is 20.3 Å². The van der Waals surface area contributed by atoms with Crippen LogP contribution in [0.25, 0.3) is 11.0 Å². The minimum absolute atomic E-state index is 0.00460. The van der Waals surface area contributed by atoms with E-state index in [0.717, 1.165) is 4.88 Å². The molecule has 31 heavy (non-hydrogen) atoms. The van der Waals surface area contributed by atoms with Crippen molar-refractivity contribution in [2.75, 3.05) is 5.73 Å². The molecule has 11 nitrogen and oxygen atoms in total. The number of carbonyl (C=O) groups excluding carboxylic acids is 1. The Labute approximate surface area is 179 Å². The van der Waals surface area contributed by atoms with Gasteiger partial charge >= 0.3 is 11.9 Å². The summed E-state index contributed by atoms with van der Waals surface area (Å²) in [7, 11) is 0. The van der Waals surface area contributed by atoms with E-state index >= 15 is 0 Å². The Balaban J connectivity index is 1.76. The highest BCUT2D eigenvalue weighted by atomic mass is 32.1. The number of rotatable bonds is 9. The van der Waals surface area contributed by atoms with Crippen LogP contribution in [0.1, 0.15) is 52.2 Å². The van der Waals surface area contributed by atoms with E-state index < -0.39 is 23.9 Å². The van der Waals surface area contributed by atoms with Gasteiger partial charge in [-0.1, -0.05) is 6.92 Å². The van der Waals surface area contributed by atoms with Crippen LogP contribution >= 0.6 is 11.3 Å². The lowest BCUT2D eigenvalue weighted by molar-refractivity contribution is -0.140. The van der Waals surface area contributed by atoms with Crippen molar-refractivity contribution in [2.45, 2.75) is 38.1 Å². The van der Waals surface area contributed by atoms with Crippen LogP contribution in [0.15, 0.2) is 23.1 Å². The summed E-state index contributed by atoms with van der Waals surface area (Å²) in [5.74, 6) is -3.05. The van der Waals surface area contributed by atoms with E-state index in [4.69, 9.17) is 10.8 Å². The first-order valence-corrected chi connectivity index (χ1v) is 10.2. The van der Waals surface area contributed by atoms with Gasteiger partial charge in [-0.2, -0.15) is 4.98 Å². The maximum atomic E-state index is 12.5. The quantitative estimate of drug-likeness (QED) is 0.284. The van der Waals surface area contributed by atoms with Crippen LogP contribution in [0.4, 0.5) is 5.95 Å². The number of hydrogen-bond acceptors (Lipinski definition) is 7. The summed E-state index contributed by atoms with van der Waals surface area (Å²) >= 11 is 1.18. The highest BCUT2D eigenvalue weighted by Crippen LogP contribution is 2.32. The lowest BCUT2D eigenvalue weighted by Crippen LogP contribution is -2.40. The fourth-order valence-electron chi connectivity index (χ4n) is 3.23. The number of carboxylic acids is 2. The third kappa shape index (κ3) is 4.91. The van der Waals surface area contributed by atoms with Crippen molar-refractivity contribution in [2.24, 2.45) is 0 Å². The third-order valence-corrected chi connectivity index (χ3v) is 6.09. The van der Waals surface area contributed by atoms with Crippen molar-refractivity contribution in [1.29, 1.82) is 0 Å². The number of nitrogens with zero attached hydrogens (tertiary/aromatic N) is 1. The normalized spacial score (nSPS) is 13.1. The number of anilines is 1. The van der Waals surface area contributed by atoms with Crippen LogP contribution in [-0.2, 0) is 9.59 Å². The van der Waals surface area contributed by atoms with E-state index in [9.17, 15) is 24.3 Å². The molecule has 2 unspecified atom stereocenters. The van der Waals surface area contributed by atoms with Crippen LogP contribution in [0, 0.1) is 0 Å². The molecule has 3 rings (SSSR count). The lowest BCUT2D eigenvalue weighted by atomic mass is 10.0. The second-order valence-electron chi connectivity index (χ2n) is 6.99. The van der Waals surface area contributed by atoms with Crippen LogP contribution in [0.3, 0.4) is 0 Å². The summed E-state index contributed by atoms with van der Waals surface area (Å²) in [6.45, 7) is 1.87. The van der Waals surface area contributed by atoms with Crippen LogP contribution < -0.4 is 16.6 Å². The summed E-state index contributed by atoms with van der Waals surface area (Å²) < 4.78 is 0. The fraction of sp³-hybridized carbons (Fsp3) is 0.316. The molecular weight excluding hydrogens is 426 g/mol. The zero-order valence-electron chi connectivity index (χ0n) is 16.5. The summed E-state index contributed by atoms with van der Waals surface area (Å²) in [5.41, 5.74) is 6.25. The number of hydrogen-bond donors (Lipinski definition) is 6. The Bertz CT molecular complexity index is 1200. The molecule has 1 amide bonds. The molecule has 0 spiro atoms. The number of nitrogens with two attached hydrogens (primary N) is 1. The number of aromatic amines is 2. The zero-order chi connectivity index (χ0) is 22.7. The lowest BCUT2D eigenvalue weighted by Gasteiger charge is -2.13. The van der Waals surface area contributed by atoms with E-state index in [1.54, 1.807) is 18.3 Å². The van der Waals surface area contributed by atoms with Gasteiger partial charge < -0.3 is 26.2 Å². The first-order valence-electron chi connectivity index (χ1n) is 9.39. The van der Waals surface area contributed by atoms with Gasteiger partial charge in [0.2, 0.25) is 5.95 Å². The van der Waals surface area contributed by atoms with Crippen LogP contribution in [0.2, 0.25) is 0 Å².